The van der Waals surface area contributed by atoms with E-state index in [-0.39, 0.29) is 11.7 Å². The molecule has 0 spiro atoms. The lowest BCUT2D eigenvalue weighted by molar-refractivity contribution is -0.113. The molecule has 142 valence electrons. The lowest BCUT2D eigenvalue weighted by atomic mass is 10.2. The van der Waals surface area contributed by atoms with Crippen LogP contribution in [0.4, 0.5) is 5.13 Å². The first kappa shape index (κ1) is 19.3. The zero-order valence-corrected chi connectivity index (χ0v) is 16.9. The molecule has 0 aliphatic rings. The minimum atomic E-state index is -0.149. The second-order valence-corrected chi connectivity index (χ2v) is 7.52. The number of amides is 1. The van der Waals surface area contributed by atoms with E-state index in [2.05, 4.69) is 25.7 Å². The van der Waals surface area contributed by atoms with Gasteiger partial charge in [0.15, 0.2) is 11.0 Å². The molecule has 0 saturated carbocycles. The third kappa shape index (κ3) is 4.83. The predicted octanol–water partition coefficient (Wildman–Crippen LogP) is 3.03. The second-order valence-electron chi connectivity index (χ2n) is 5.51. The number of benzene rings is 1. The van der Waals surface area contributed by atoms with Gasteiger partial charge in [-0.05, 0) is 37.6 Å². The minimum Gasteiger partial charge on any atom is -0.494 e. The molecule has 0 radical (unpaired) electrons. The van der Waals surface area contributed by atoms with Gasteiger partial charge in [0.1, 0.15) is 10.8 Å². The molecule has 2 heterocycles. The Bertz CT molecular complexity index is 907. The smallest absolute Gasteiger partial charge is 0.236 e. The Kier molecular flexibility index (Phi) is 6.40. The van der Waals surface area contributed by atoms with Crippen LogP contribution in [-0.2, 0) is 18.3 Å². The highest BCUT2D eigenvalue weighted by atomic mass is 32.2. The Morgan fingerprint density at radius 3 is 2.63 bits per heavy atom. The van der Waals surface area contributed by atoms with E-state index in [1.165, 1.54) is 23.1 Å². The Labute approximate surface area is 165 Å². The van der Waals surface area contributed by atoms with Crippen LogP contribution in [0.3, 0.4) is 0 Å². The van der Waals surface area contributed by atoms with E-state index in [0.29, 0.717) is 16.9 Å². The van der Waals surface area contributed by atoms with Gasteiger partial charge in [0.25, 0.3) is 0 Å². The van der Waals surface area contributed by atoms with Crippen LogP contribution in [0.15, 0.2) is 29.4 Å². The fourth-order valence-corrected chi connectivity index (χ4v) is 3.70. The lowest BCUT2D eigenvalue weighted by Gasteiger charge is -2.06. The Hall–Kier alpha value is -2.46. The summed E-state index contributed by atoms with van der Waals surface area (Å²) in [7, 11) is 1.88. The maximum atomic E-state index is 12.1. The molecule has 2 aromatic heterocycles. The van der Waals surface area contributed by atoms with E-state index in [1.807, 2.05) is 49.7 Å². The lowest BCUT2D eigenvalue weighted by Crippen LogP contribution is -2.14. The van der Waals surface area contributed by atoms with Crippen LogP contribution in [-0.4, -0.2) is 43.2 Å². The topological polar surface area (TPSA) is 94.8 Å². The second kappa shape index (κ2) is 8.96. The Balaban J connectivity index is 1.60. The van der Waals surface area contributed by atoms with Crippen LogP contribution in [0.25, 0.3) is 11.4 Å². The summed E-state index contributed by atoms with van der Waals surface area (Å²) in [6.07, 6.45) is 0.801. The van der Waals surface area contributed by atoms with Gasteiger partial charge in [0, 0.05) is 12.6 Å². The van der Waals surface area contributed by atoms with E-state index in [9.17, 15) is 4.79 Å². The average molecular weight is 405 g/mol. The fraction of sp³-hybridized carbons (Fsp3) is 0.353. The van der Waals surface area contributed by atoms with E-state index in [1.54, 1.807) is 0 Å². The third-order valence-electron chi connectivity index (χ3n) is 3.61. The van der Waals surface area contributed by atoms with Crippen molar-refractivity contribution in [3.8, 4) is 17.1 Å². The largest absolute Gasteiger partial charge is 0.494 e. The quantitative estimate of drug-likeness (QED) is 0.577. The van der Waals surface area contributed by atoms with E-state index in [4.69, 9.17) is 4.74 Å². The first-order valence-electron chi connectivity index (χ1n) is 8.48. The molecule has 0 saturated heterocycles. The maximum Gasteiger partial charge on any atom is 0.236 e. The SMILES string of the molecule is CCOc1ccc(-c2nnc(SCC(=O)Nc3nnc(CC)s3)n2C)cc1. The molecule has 1 N–H and O–H groups in total. The van der Waals surface area contributed by atoms with Gasteiger partial charge in [-0.1, -0.05) is 30.0 Å². The number of nitrogens with zero attached hydrogens (tertiary/aromatic N) is 5. The van der Waals surface area contributed by atoms with E-state index >= 15 is 0 Å². The molecule has 0 aliphatic carbocycles. The molecule has 10 heteroatoms. The molecular weight excluding hydrogens is 384 g/mol. The highest BCUT2D eigenvalue weighted by Crippen LogP contribution is 2.25. The van der Waals surface area contributed by atoms with Gasteiger partial charge in [-0.15, -0.1) is 20.4 Å². The number of aromatic nitrogens is 5. The van der Waals surface area contributed by atoms with E-state index in [0.717, 1.165) is 28.6 Å². The molecule has 3 rings (SSSR count). The van der Waals surface area contributed by atoms with Gasteiger partial charge in [-0.2, -0.15) is 0 Å². The zero-order chi connectivity index (χ0) is 19.2. The number of hydrogen-bond acceptors (Lipinski definition) is 8. The average Bonchev–Trinajstić information content (AvgIpc) is 3.27. The summed E-state index contributed by atoms with van der Waals surface area (Å²) in [4.78, 5) is 12.1. The molecule has 0 unspecified atom stereocenters. The van der Waals surface area contributed by atoms with Crippen molar-refractivity contribution in [3.05, 3.63) is 29.3 Å². The molecule has 0 atom stereocenters. The molecule has 1 amide bonds. The maximum absolute atomic E-state index is 12.1. The van der Waals surface area contributed by atoms with Crippen molar-refractivity contribution in [3.63, 3.8) is 0 Å². The van der Waals surface area contributed by atoms with Crippen molar-refractivity contribution in [1.82, 2.24) is 25.0 Å². The summed E-state index contributed by atoms with van der Waals surface area (Å²) in [5.41, 5.74) is 0.936. The number of carbonyl (C=O) groups excluding carboxylic acids is 1. The molecule has 0 fully saturated rings. The number of carbonyl (C=O) groups is 1. The number of rotatable bonds is 8. The fourth-order valence-electron chi connectivity index (χ4n) is 2.29. The van der Waals surface area contributed by atoms with Gasteiger partial charge in [0.05, 0.1) is 12.4 Å². The standard InChI is InChI=1S/C17H20N6O2S2/c1-4-14-19-21-16(27-14)18-13(24)10-26-17-22-20-15(23(17)3)11-6-8-12(9-7-11)25-5-2/h6-9H,4-5,10H2,1-3H3,(H,18,21,24). The number of aryl methyl sites for hydroxylation is 1. The van der Waals surface area contributed by atoms with Crippen LogP contribution >= 0.6 is 23.1 Å². The summed E-state index contributed by atoms with van der Waals surface area (Å²) < 4.78 is 7.32. The number of anilines is 1. The third-order valence-corrected chi connectivity index (χ3v) is 5.61. The summed E-state index contributed by atoms with van der Waals surface area (Å²) in [5.74, 6) is 1.62. The van der Waals surface area contributed by atoms with Gasteiger partial charge < -0.3 is 9.30 Å². The van der Waals surface area contributed by atoms with E-state index < -0.39 is 0 Å². The monoisotopic (exact) mass is 404 g/mol. The molecule has 0 bridgehead atoms. The number of ether oxygens (including phenoxy) is 1. The predicted molar refractivity (Wildman–Crippen MR) is 106 cm³/mol. The van der Waals surface area contributed by atoms with Gasteiger partial charge >= 0.3 is 0 Å². The highest BCUT2D eigenvalue weighted by Gasteiger charge is 2.14. The number of nitrogens with one attached hydrogen (secondary N) is 1. The van der Waals surface area contributed by atoms with Crippen molar-refractivity contribution >= 4 is 34.1 Å². The summed E-state index contributed by atoms with van der Waals surface area (Å²) in [6.45, 7) is 4.57. The van der Waals surface area contributed by atoms with Crippen LogP contribution in [0, 0.1) is 0 Å². The van der Waals surface area contributed by atoms with Crippen molar-refractivity contribution in [1.29, 1.82) is 0 Å². The van der Waals surface area contributed by atoms with Crippen molar-refractivity contribution in [2.45, 2.75) is 25.4 Å². The van der Waals surface area contributed by atoms with Crippen molar-refractivity contribution in [2.24, 2.45) is 7.05 Å². The molecule has 1 aromatic carbocycles. The van der Waals surface area contributed by atoms with Crippen LogP contribution in [0.2, 0.25) is 0 Å². The zero-order valence-electron chi connectivity index (χ0n) is 15.3. The molecule has 8 nitrogen and oxygen atoms in total. The van der Waals surface area contributed by atoms with Crippen LogP contribution in [0.1, 0.15) is 18.9 Å². The number of hydrogen-bond donors (Lipinski definition) is 1. The minimum absolute atomic E-state index is 0.149. The summed E-state index contributed by atoms with van der Waals surface area (Å²) in [5, 5.41) is 21.2. The number of thioether (sulfide) groups is 1. The molecule has 3 aromatic rings. The van der Waals surface area contributed by atoms with Crippen molar-refractivity contribution in [2.75, 3.05) is 17.7 Å². The van der Waals surface area contributed by atoms with Gasteiger partial charge in [0.2, 0.25) is 11.0 Å². The Morgan fingerprint density at radius 1 is 1.19 bits per heavy atom. The normalized spacial score (nSPS) is 10.8. The molecule has 0 aliphatic heterocycles. The highest BCUT2D eigenvalue weighted by molar-refractivity contribution is 7.99. The first-order chi connectivity index (χ1) is 13.1. The van der Waals surface area contributed by atoms with Crippen LogP contribution in [0.5, 0.6) is 5.75 Å². The first-order valence-corrected chi connectivity index (χ1v) is 10.3. The van der Waals surface area contributed by atoms with Crippen molar-refractivity contribution < 1.29 is 9.53 Å². The van der Waals surface area contributed by atoms with Crippen LogP contribution < -0.4 is 10.1 Å². The molecular formula is C17H20N6O2S2. The summed E-state index contributed by atoms with van der Waals surface area (Å²) in [6, 6.07) is 7.69. The molecule has 27 heavy (non-hydrogen) atoms. The Morgan fingerprint density at radius 2 is 1.96 bits per heavy atom. The van der Waals surface area contributed by atoms with Gasteiger partial charge in [-0.3, -0.25) is 10.1 Å². The van der Waals surface area contributed by atoms with Gasteiger partial charge in [-0.25, -0.2) is 0 Å². The summed E-state index contributed by atoms with van der Waals surface area (Å²) >= 11 is 2.71.